The number of anilines is 1. The molecule has 0 N–H and O–H groups in total. The van der Waals surface area contributed by atoms with E-state index in [0.717, 1.165) is 53.2 Å². The smallest absolute Gasteiger partial charge is 0.146 e. The van der Waals surface area contributed by atoms with Gasteiger partial charge in [0.25, 0.3) is 0 Å². The number of rotatable bonds is 5. The second-order valence-corrected chi connectivity index (χ2v) is 6.96. The maximum Gasteiger partial charge on any atom is 0.146 e. The van der Waals surface area contributed by atoms with E-state index in [4.69, 9.17) is 10.00 Å². The first-order valence-corrected chi connectivity index (χ1v) is 8.98. The maximum absolute atomic E-state index is 8.83. The molecule has 1 aliphatic heterocycles. The van der Waals surface area contributed by atoms with Gasteiger partial charge in [0.05, 0.1) is 31.5 Å². The van der Waals surface area contributed by atoms with E-state index in [-0.39, 0.29) is 0 Å². The zero-order valence-corrected chi connectivity index (χ0v) is 15.3. The van der Waals surface area contributed by atoms with Crippen LogP contribution in [-0.4, -0.2) is 55.2 Å². The van der Waals surface area contributed by atoms with E-state index in [1.54, 1.807) is 13.3 Å². The number of aromatic nitrogens is 2. The van der Waals surface area contributed by atoms with Crippen molar-refractivity contribution in [2.45, 2.75) is 16.5 Å². The van der Waals surface area contributed by atoms with Crippen molar-refractivity contribution in [3.63, 3.8) is 0 Å². The van der Waals surface area contributed by atoms with Crippen molar-refractivity contribution in [2.75, 3.05) is 45.2 Å². The highest BCUT2D eigenvalue weighted by molar-refractivity contribution is 7.99. The molecule has 130 valence electrons. The predicted octanol–water partition coefficient (Wildman–Crippen LogP) is 2.45. The number of pyridine rings is 2. The van der Waals surface area contributed by atoms with Crippen LogP contribution < -0.4 is 9.64 Å². The van der Waals surface area contributed by atoms with Gasteiger partial charge in [-0.1, -0.05) is 0 Å². The van der Waals surface area contributed by atoms with Crippen molar-refractivity contribution in [2.24, 2.45) is 0 Å². The Morgan fingerprint density at radius 3 is 2.68 bits per heavy atom. The summed E-state index contributed by atoms with van der Waals surface area (Å²) >= 11 is 1.47. The predicted molar refractivity (Wildman–Crippen MR) is 98.2 cm³/mol. The molecule has 6 nitrogen and oxygen atoms in total. The summed E-state index contributed by atoms with van der Waals surface area (Å²) in [6.07, 6.45) is 3.99. The normalized spacial score (nSPS) is 15.0. The number of hydrogen-bond acceptors (Lipinski definition) is 7. The summed E-state index contributed by atoms with van der Waals surface area (Å²) in [4.78, 5) is 13.6. The first-order valence-electron chi connectivity index (χ1n) is 8.17. The highest BCUT2D eigenvalue weighted by Gasteiger charge is 2.18. The van der Waals surface area contributed by atoms with Crippen LogP contribution in [-0.2, 0) is 6.42 Å². The lowest BCUT2D eigenvalue weighted by atomic mass is 10.2. The first kappa shape index (κ1) is 17.5. The number of nitrogens with zero attached hydrogens (tertiary/aromatic N) is 5. The number of ether oxygens (including phenoxy) is 1. The molecule has 0 bridgehead atoms. The summed E-state index contributed by atoms with van der Waals surface area (Å²) in [6, 6.07) is 7.90. The third-order valence-electron chi connectivity index (χ3n) is 4.18. The Morgan fingerprint density at radius 2 is 1.96 bits per heavy atom. The van der Waals surface area contributed by atoms with E-state index in [0.29, 0.717) is 6.42 Å². The van der Waals surface area contributed by atoms with E-state index in [1.807, 2.05) is 24.4 Å². The van der Waals surface area contributed by atoms with Gasteiger partial charge in [-0.05, 0) is 36.5 Å². The molecule has 2 aromatic rings. The molecule has 3 heterocycles. The van der Waals surface area contributed by atoms with Gasteiger partial charge in [0.15, 0.2) is 0 Å². The van der Waals surface area contributed by atoms with E-state index >= 15 is 0 Å². The molecule has 0 radical (unpaired) electrons. The van der Waals surface area contributed by atoms with Crippen LogP contribution in [0.15, 0.2) is 40.6 Å². The average molecular weight is 355 g/mol. The topological polar surface area (TPSA) is 65.3 Å². The minimum Gasteiger partial charge on any atom is -0.494 e. The molecule has 0 unspecified atom stereocenters. The van der Waals surface area contributed by atoms with Gasteiger partial charge in [-0.15, -0.1) is 0 Å². The summed E-state index contributed by atoms with van der Waals surface area (Å²) in [6.45, 7) is 4.02. The fraction of sp³-hybridized carbons (Fsp3) is 0.389. The van der Waals surface area contributed by atoms with Crippen molar-refractivity contribution < 1.29 is 4.74 Å². The molecular weight excluding hydrogens is 334 g/mol. The molecule has 2 aromatic heterocycles. The molecule has 0 amide bonds. The fourth-order valence-corrected chi connectivity index (χ4v) is 3.54. The fourth-order valence-electron chi connectivity index (χ4n) is 2.73. The molecule has 3 rings (SSSR count). The van der Waals surface area contributed by atoms with Crippen LogP contribution in [0.4, 0.5) is 5.69 Å². The summed E-state index contributed by atoms with van der Waals surface area (Å²) in [5, 5.41) is 10.5. The number of piperazine rings is 1. The van der Waals surface area contributed by atoms with Crippen LogP contribution in [0.2, 0.25) is 0 Å². The van der Waals surface area contributed by atoms with E-state index < -0.39 is 0 Å². The third-order valence-corrected chi connectivity index (χ3v) is 5.04. The van der Waals surface area contributed by atoms with Gasteiger partial charge in [-0.2, -0.15) is 5.26 Å². The summed E-state index contributed by atoms with van der Waals surface area (Å²) in [5.41, 5.74) is 1.99. The Kier molecular flexibility index (Phi) is 5.74. The van der Waals surface area contributed by atoms with Gasteiger partial charge < -0.3 is 14.5 Å². The van der Waals surface area contributed by atoms with E-state index in [2.05, 4.69) is 32.9 Å². The summed E-state index contributed by atoms with van der Waals surface area (Å²) in [7, 11) is 3.83. The minimum absolute atomic E-state index is 0.384. The summed E-state index contributed by atoms with van der Waals surface area (Å²) < 4.78 is 5.59. The number of methoxy groups -OCH3 is 1. The number of likely N-dealkylation sites (N-methyl/N-ethyl adjacent to an activating group) is 1. The van der Waals surface area contributed by atoms with Crippen molar-refractivity contribution in [1.29, 1.82) is 5.26 Å². The second kappa shape index (κ2) is 8.19. The average Bonchev–Trinajstić information content (AvgIpc) is 2.63. The van der Waals surface area contributed by atoms with Gasteiger partial charge in [0, 0.05) is 38.4 Å². The van der Waals surface area contributed by atoms with Gasteiger partial charge in [-0.3, -0.25) is 0 Å². The van der Waals surface area contributed by atoms with Crippen LogP contribution in [0.1, 0.15) is 5.56 Å². The molecule has 7 heteroatoms. The molecule has 25 heavy (non-hydrogen) atoms. The molecule has 0 spiro atoms. The summed E-state index contributed by atoms with van der Waals surface area (Å²) in [5.74, 6) is 0.829. The van der Waals surface area contributed by atoms with Crippen LogP contribution in [0.5, 0.6) is 5.75 Å². The molecule has 0 aromatic carbocycles. The maximum atomic E-state index is 8.83. The third kappa shape index (κ3) is 4.41. The van der Waals surface area contributed by atoms with Crippen LogP contribution >= 0.6 is 11.8 Å². The molecular formula is C18H21N5OS. The second-order valence-electron chi connectivity index (χ2n) is 5.92. The van der Waals surface area contributed by atoms with Gasteiger partial charge in [0.1, 0.15) is 15.8 Å². The van der Waals surface area contributed by atoms with Crippen LogP contribution in [0, 0.1) is 11.3 Å². The van der Waals surface area contributed by atoms with Crippen LogP contribution in [0.25, 0.3) is 0 Å². The zero-order valence-electron chi connectivity index (χ0n) is 14.5. The lowest BCUT2D eigenvalue weighted by Crippen LogP contribution is -2.44. The van der Waals surface area contributed by atoms with Crippen molar-refractivity contribution >= 4 is 17.4 Å². The van der Waals surface area contributed by atoms with Gasteiger partial charge in [0.2, 0.25) is 0 Å². The monoisotopic (exact) mass is 355 g/mol. The Morgan fingerprint density at radius 1 is 1.20 bits per heavy atom. The molecule has 0 atom stereocenters. The lowest BCUT2D eigenvalue weighted by Gasteiger charge is -2.34. The largest absolute Gasteiger partial charge is 0.494 e. The Labute approximate surface area is 152 Å². The van der Waals surface area contributed by atoms with Gasteiger partial charge in [-0.25, -0.2) is 9.97 Å². The van der Waals surface area contributed by atoms with Crippen LogP contribution in [0.3, 0.4) is 0 Å². The Hall–Kier alpha value is -2.30. The number of nitriles is 1. The lowest BCUT2D eigenvalue weighted by molar-refractivity contribution is 0.311. The minimum atomic E-state index is 0.384. The molecule has 0 aliphatic carbocycles. The first-order chi connectivity index (χ1) is 12.2. The molecule has 1 aliphatic rings. The van der Waals surface area contributed by atoms with Crippen molar-refractivity contribution in [3.8, 4) is 11.8 Å². The highest BCUT2D eigenvalue weighted by Crippen LogP contribution is 2.34. The molecule has 1 saturated heterocycles. The zero-order chi connectivity index (χ0) is 17.6. The standard InChI is InChI=1S/C18H21N5OS/c1-22-7-9-23(10-8-22)15-13-21-18(12-16(15)24-2)25-17-11-14(3-5-19)4-6-20-17/h4,6,11-13H,3,7-10H2,1-2H3. The molecule has 0 saturated carbocycles. The van der Waals surface area contributed by atoms with E-state index in [1.165, 1.54) is 11.8 Å². The highest BCUT2D eigenvalue weighted by atomic mass is 32.2. The quantitative estimate of drug-likeness (QED) is 0.816. The van der Waals surface area contributed by atoms with Gasteiger partial charge >= 0.3 is 0 Å². The Bertz CT molecular complexity index is 768. The van der Waals surface area contributed by atoms with Crippen molar-refractivity contribution in [3.05, 3.63) is 36.2 Å². The van der Waals surface area contributed by atoms with Crippen molar-refractivity contribution in [1.82, 2.24) is 14.9 Å². The SMILES string of the molecule is COc1cc(Sc2cc(CC#N)ccn2)ncc1N1CCN(C)CC1. The Balaban J connectivity index is 1.77. The molecule has 1 fully saturated rings. The van der Waals surface area contributed by atoms with E-state index in [9.17, 15) is 0 Å². The number of hydrogen-bond donors (Lipinski definition) is 0.